The van der Waals surface area contributed by atoms with Crippen molar-refractivity contribution >= 4 is 112 Å². The lowest BCUT2D eigenvalue weighted by molar-refractivity contribution is 0.481. The first kappa shape index (κ1) is 43.2. The van der Waals surface area contributed by atoms with E-state index in [1.807, 2.05) is 0 Å². The van der Waals surface area contributed by atoms with Crippen molar-refractivity contribution in [1.82, 2.24) is 0 Å². The van der Waals surface area contributed by atoms with Gasteiger partial charge in [-0.2, -0.15) is 30.4 Å². The molecule has 0 aromatic heterocycles. The highest BCUT2D eigenvalue weighted by atomic mass is 32.2. The Labute approximate surface area is 331 Å². The van der Waals surface area contributed by atoms with Crippen molar-refractivity contribution in [1.29, 1.82) is 0 Å². The van der Waals surface area contributed by atoms with E-state index in [4.69, 9.17) is 11.5 Å². The Morgan fingerprint density at radius 3 is 1.67 bits per heavy atom. The molecule has 1 atom stereocenters. The van der Waals surface area contributed by atoms with Crippen molar-refractivity contribution in [2.24, 2.45) is 30.7 Å². The van der Waals surface area contributed by atoms with Crippen LogP contribution in [0.25, 0.3) is 15.7 Å². The highest BCUT2D eigenvalue weighted by molar-refractivity contribution is 7.94. The minimum absolute atomic E-state index is 0.0603. The average Bonchev–Trinajstić information content (AvgIpc) is 3.15. The van der Waals surface area contributed by atoms with Gasteiger partial charge in [0.25, 0.3) is 30.4 Å². The number of nitrogens with two attached hydrogens (primary N) is 2. The molecule has 0 aliphatic rings. The molecule has 0 amide bonds. The second kappa shape index (κ2) is 16.1. The zero-order valence-corrected chi connectivity index (χ0v) is 32.9. The third-order valence-electron chi connectivity index (χ3n) is 7.79. The van der Waals surface area contributed by atoms with E-state index in [1.54, 1.807) is 0 Å². The fourth-order valence-corrected chi connectivity index (χ4v) is 7.83. The number of anilines is 2. The summed E-state index contributed by atoms with van der Waals surface area (Å²) < 4.78 is 147. The Hall–Kier alpha value is -5.97. The van der Waals surface area contributed by atoms with Crippen LogP contribution in [0.5, 0.6) is 0 Å². The molecule has 8 N–H and O–H groups in total. The van der Waals surface area contributed by atoms with Crippen LogP contribution in [0.15, 0.2) is 148 Å². The monoisotopic (exact) mass is 890 g/mol. The smallest absolute Gasteiger partial charge is 0.296 e. The molecule has 0 spiro atoms. The number of hydrogen-bond donors (Lipinski definition) is 6. The number of fused-ring (bicyclic) bond motifs is 1. The second-order valence-corrected chi connectivity index (χ2v) is 18.6. The van der Waals surface area contributed by atoms with Crippen molar-refractivity contribution in [3.63, 3.8) is 0 Å². The predicted molar refractivity (Wildman–Crippen MR) is 211 cm³/mol. The number of nitrogen functional groups attached to an aromatic ring is 2. The van der Waals surface area contributed by atoms with Crippen LogP contribution < -0.4 is 11.5 Å². The molecule has 0 radical (unpaired) electrons. The van der Waals surface area contributed by atoms with E-state index in [1.165, 1.54) is 42.5 Å². The molecular formula is C32H26N8O13S5. The quantitative estimate of drug-likeness (QED) is 0.0297. The first-order valence-corrected chi connectivity index (χ1v) is 22.3. The summed E-state index contributed by atoms with van der Waals surface area (Å²) in [4.78, 5) is -3.05. The highest BCUT2D eigenvalue weighted by Crippen LogP contribution is 2.44. The van der Waals surface area contributed by atoms with Gasteiger partial charge in [-0.25, -0.2) is 12.6 Å². The lowest BCUT2D eigenvalue weighted by Crippen LogP contribution is -2.05. The van der Waals surface area contributed by atoms with E-state index in [0.29, 0.717) is 17.0 Å². The lowest BCUT2D eigenvalue weighted by atomic mass is 10.1. The number of nitrogens with zero attached hydrogens (tertiary/aromatic N) is 6. The van der Waals surface area contributed by atoms with Gasteiger partial charge in [0.05, 0.1) is 43.1 Å². The maximum atomic E-state index is 12.3. The minimum atomic E-state index is -5.06. The summed E-state index contributed by atoms with van der Waals surface area (Å²) in [7, 11) is -19.1. The molecule has 0 heterocycles. The molecule has 5 rings (SSSR count). The number of benzene rings is 5. The van der Waals surface area contributed by atoms with Gasteiger partial charge >= 0.3 is 0 Å². The summed E-state index contributed by atoms with van der Waals surface area (Å²) in [6.45, 7) is 6.66. The molecule has 0 saturated heterocycles. The van der Waals surface area contributed by atoms with Gasteiger partial charge in [-0.05, 0) is 66.2 Å². The first-order chi connectivity index (χ1) is 26.9. The van der Waals surface area contributed by atoms with Gasteiger partial charge in [0.1, 0.15) is 26.9 Å². The molecule has 0 aliphatic carbocycles. The summed E-state index contributed by atoms with van der Waals surface area (Å²) in [5.41, 5.74) is 10.0. The van der Waals surface area contributed by atoms with E-state index in [0.717, 1.165) is 30.3 Å². The Kier molecular flexibility index (Phi) is 12.0. The van der Waals surface area contributed by atoms with Crippen molar-refractivity contribution < 1.29 is 56.1 Å². The zero-order chi connectivity index (χ0) is 43.0. The van der Waals surface area contributed by atoms with Crippen molar-refractivity contribution in [3.8, 4) is 0 Å². The molecule has 1 unspecified atom stereocenters. The van der Waals surface area contributed by atoms with E-state index in [-0.39, 0.29) is 32.7 Å². The largest absolute Gasteiger partial charge is 0.396 e. The average molecular weight is 891 g/mol. The maximum absolute atomic E-state index is 12.3. The predicted octanol–water partition coefficient (Wildman–Crippen LogP) is 7.10. The van der Waals surface area contributed by atoms with Crippen LogP contribution in [-0.2, 0) is 51.3 Å². The number of azo groups is 3. The molecule has 302 valence electrons. The van der Waals surface area contributed by atoms with Crippen LogP contribution in [-0.4, -0.2) is 56.1 Å². The normalized spacial score (nSPS) is 13.4. The SMILES string of the molecule is C=CS(=O)(=O)c1ccc(N=Nc2ccc(N=Nc3cc(S(=O)(=O)O)c(N)c(N=Nc4ccc(C(=C)S(=O)O)cc4)c3N)c3cc(S(=O)(=O)O)ccc23)c(S(=O)(=O)O)c1. The number of sulfone groups is 1. The molecule has 0 fully saturated rings. The molecule has 0 aliphatic heterocycles. The fourth-order valence-electron chi connectivity index (χ4n) is 4.89. The van der Waals surface area contributed by atoms with Gasteiger partial charge in [-0.1, -0.05) is 31.4 Å². The lowest BCUT2D eigenvalue weighted by Gasteiger charge is -2.11. The molecule has 5 aromatic carbocycles. The second-order valence-electron chi connectivity index (χ2n) is 11.5. The summed E-state index contributed by atoms with van der Waals surface area (Å²) in [6, 6.07) is 14.5. The number of hydrogen-bond acceptors (Lipinski definition) is 17. The van der Waals surface area contributed by atoms with Crippen molar-refractivity contribution in [2.75, 3.05) is 11.5 Å². The van der Waals surface area contributed by atoms with Crippen molar-refractivity contribution in [2.45, 2.75) is 19.6 Å². The van der Waals surface area contributed by atoms with Crippen LogP contribution in [0, 0.1) is 0 Å². The van der Waals surface area contributed by atoms with Gasteiger partial charge in [0.15, 0.2) is 20.9 Å². The standard InChI is InChI=1S/C32H26N8O13S5/c1-3-55(43,44)20-9-11-26(28(15-20)57(48,49)50)38-36-24-12-13-25(23-14-21(56(45,46)47)8-10-22(23)24)37-39-27-16-29(58(51,52)53)31(34)32(30(27)33)40-35-19-6-4-18(5-7-19)17(2)54(41)42/h3-16H,1-2,33-34H2,(H,41,42)(H,45,46,47)(H,48,49,50)(H,51,52,53). The Morgan fingerprint density at radius 1 is 0.586 bits per heavy atom. The minimum Gasteiger partial charge on any atom is -0.396 e. The number of rotatable bonds is 13. The third kappa shape index (κ3) is 9.41. The fraction of sp³-hybridized carbons (Fsp3) is 0. The summed E-state index contributed by atoms with van der Waals surface area (Å²) in [6.07, 6.45) is 0. The van der Waals surface area contributed by atoms with E-state index < -0.39 is 99.3 Å². The molecule has 0 saturated carbocycles. The van der Waals surface area contributed by atoms with E-state index in [9.17, 15) is 56.1 Å². The van der Waals surface area contributed by atoms with Crippen LogP contribution in [0.2, 0.25) is 0 Å². The molecule has 21 nitrogen and oxygen atoms in total. The Balaban J connectivity index is 1.63. The van der Waals surface area contributed by atoms with Crippen LogP contribution >= 0.6 is 0 Å². The topological polar surface area (TPSA) is 361 Å². The van der Waals surface area contributed by atoms with E-state index in [2.05, 4.69) is 43.8 Å². The zero-order valence-electron chi connectivity index (χ0n) is 28.8. The summed E-state index contributed by atoms with van der Waals surface area (Å²) in [5, 5.41) is 24.3. The van der Waals surface area contributed by atoms with Crippen LogP contribution in [0.1, 0.15) is 5.56 Å². The van der Waals surface area contributed by atoms with Gasteiger partial charge < -0.3 is 16.0 Å². The van der Waals surface area contributed by atoms with Crippen LogP contribution in [0.3, 0.4) is 0 Å². The van der Waals surface area contributed by atoms with Gasteiger partial charge in [-0.3, -0.25) is 13.7 Å². The third-order valence-corrected chi connectivity index (χ3v) is 12.4. The van der Waals surface area contributed by atoms with Gasteiger partial charge in [0, 0.05) is 16.2 Å². The highest BCUT2D eigenvalue weighted by Gasteiger charge is 2.24. The Bertz CT molecular complexity index is 3140. The van der Waals surface area contributed by atoms with Gasteiger partial charge in [0.2, 0.25) is 0 Å². The first-order valence-electron chi connectivity index (χ1n) is 15.3. The van der Waals surface area contributed by atoms with Crippen LogP contribution in [0.4, 0.5) is 45.5 Å². The Morgan fingerprint density at radius 2 is 1.12 bits per heavy atom. The van der Waals surface area contributed by atoms with Crippen molar-refractivity contribution in [3.05, 3.63) is 103 Å². The molecule has 0 bridgehead atoms. The molecular weight excluding hydrogens is 865 g/mol. The summed E-state index contributed by atoms with van der Waals surface area (Å²) in [5.74, 6) is 0. The molecule has 5 aromatic rings. The molecule has 58 heavy (non-hydrogen) atoms. The maximum Gasteiger partial charge on any atom is 0.296 e. The van der Waals surface area contributed by atoms with Gasteiger partial charge in [-0.15, -0.1) is 25.6 Å². The molecule has 26 heteroatoms. The van der Waals surface area contributed by atoms with E-state index >= 15 is 0 Å². The summed E-state index contributed by atoms with van der Waals surface area (Å²) >= 11 is -2.34.